The summed E-state index contributed by atoms with van der Waals surface area (Å²) in [5.74, 6) is -0.350. The van der Waals surface area contributed by atoms with Crippen molar-refractivity contribution in [1.29, 1.82) is 0 Å². The molecule has 0 bridgehead atoms. The molecule has 88 valence electrons. The molecule has 0 aliphatic rings. The summed E-state index contributed by atoms with van der Waals surface area (Å²) in [6.07, 6.45) is 0. The molecule has 17 heavy (non-hydrogen) atoms. The van der Waals surface area contributed by atoms with Crippen molar-refractivity contribution in [1.82, 2.24) is 0 Å². The third-order valence-corrected chi connectivity index (χ3v) is 4.14. The zero-order valence-electron chi connectivity index (χ0n) is 8.28. The summed E-state index contributed by atoms with van der Waals surface area (Å²) in [5.41, 5.74) is 0.925. The van der Waals surface area contributed by atoms with E-state index in [2.05, 4.69) is 0 Å². The lowest BCUT2D eigenvalue weighted by atomic mass is 10.1. The van der Waals surface area contributed by atoms with E-state index in [9.17, 15) is 4.39 Å². The summed E-state index contributed by atoms with van der Waals surface area (Å²) in [5, 5.41) is 1.04. The van der Waals surface area contributed by atoms with E-state index < -0.39 is 0 Å². The van der Waals surface area contributed by atoms with E-state index in [-0.39, 0.29) is 5.82 Å². The van der Waals surface area contributed by atoms with Gasteiger partial charge in [0.05, 0.1) is 10.0 Å². The second-order valence-electron chi connectivity index (χ2n) is 3.35. The Bertz CT molecular complexity index is 564. The summed E-state index contributed by atoms with van der Waals surface area (Å²) < 4.78 is 14.6. The van der Waals surface area contributed by atoms with Gasteiger partial charge in [0.1, 0.15) is 5.82 Å². The van der Waals surface area contributed by atoms with Gasteiger partial charge in [-0.2, -0.15) is 0 Å². The van der Waals surface area contributed by atoms with Crippen molar-refractivity contribution in [3.05, 3.63) is 54.8 Å². The summed E-state index contributed by atoms with van der Waals surface area (Å²) in [6, 6.07) is 7.95. The fourth-order valence-electron chi connectivity index (χ4n) is 1.49. The molecule has 0 atom stereocenters. The van der Waals surface area contributed by atoms with E-state index in [4.69, 9.17) is 34.8 Å². The number of hydrogen-bond acceptors (Lipinski definition) is 0. The molecule has 0 spiro atoms. The third-order valence-electron chi connectivity index (χ3n) is 2.23. The zero-order valence-corrected chi connectivity index (χ0v) is 12.7. The predicted molar refractivity (Wildman–Crippen MR) is 79.6 cm³/mol. The van der Waals surface area contributed by atoms with Crippen LogP contribution in [0.3, 0.4) is 0 Å². The highest BCUT2D eigenvalue weighted by atomic mass is 127. The van der Waals surface area contributed by atoms with E-state index >= 15 is 0 Å². The number of rotatable bonds is 1. The van der Waals surface area contributed by atoms with Gasteiger partial charge in [0.2, 0.25) is 0 Å². The topological polar surface area (TPSA) is 0 Å². The van der Waals surface area contributed by atoms with Crippen LogP contribution in [0.1, 0.15) is 0 Å². The Morgan fingerprint density at radius 3 is 2.41 bits per heavy atom. The summed E-state index contributed by atoms with van der Waals surface area (Å²) in [4.78, 5) is 0. The van der Waals surface area contributed by atoms with Gasteiger partial charge >= 0.3 is 0 Å². The SMILES string of the molecule is Fc1cccc(I)c1-c1cc(Cl)cc(Cl)c1Cl. The van der Waals surface area contributed by atoms with E-state index in [1.165, 1.54) is 12.1 Å². The van der Waals surface area contributed by atoms with Crippen molar-refractivity contribution >= 4 is 57.4 Å². The molecule has 0 saturated heterocycles. The zero-order chi connectivity index (χ0) is 12.6. The highest BCUT2D eigenvalue weighted by Gasteiger charge is 2.15. The lowest BCUT2D eigenvalue weighted by Gasteiger charge is -2.10. The van der Waals surface area contributed by atoms with Crippen molar-refractivity contribution in [2.24, 2.45) is 0 Å². The summed E-state index contributed by atoms with van der Waals surface area (Å²) >= 11 is 20.0. The maximum Gasteiger partial charge on any atom is 0.132 e. The number of halogens is 5. The van der Waals surface area contributed by atoms with Crippen LogP contribution in [0, 0.1) is 9.39 Å². The Hall–Kier alpha value is -0.0300. The first-order valence-electron chi connectivity index (χ1n) is 4.59. The van der Waals surface area contributed by atoms with Crippen LogP contribution in [0.15, 0.2) is 30.3 Å². The van der Waals surface area contributed by atoms with Gasteiger partial charge in [-0.05, 0) is 46.9 Å². The molecule has 0 radical (unpaired) electrons. The number of benzene rings is 2. The molecule has 0 fully saturated rings. The highest BCUT2D eigenvalue weighted by Crippen LogP contribution is 2.39. The average Bonchev–Trinajstić information content (AvgIpc) is 2.24. The minimum atomic E-state index is -0.350. The molecule has 2 aromatic rings. The Labute approximate surface area is 127 Å². The molecule has 0 aliphatic carbocycles. The standard InChI is InChI=1S/C12H5Cl3FI/c13-6-4-7(12(15)8(14)5-6)11-9(16)2-1-3-10(11)17/h1-5H. The first-order chi connectivity index (χ1) is 8.00. The van der Waals surface area contributed by atoms with Gasteiger partial charge < -0.3 is 0 Å². The van der Waals surface area contributed by atoms with Crippen LogP contribution in [0.4, 0.5) is 4.39 Å². The van der Waals surface area contributed by atoms with Crippen LogP contribution in [0.2, 0.25) is 15.1 Å². The van der Waals surface area contributed by atoms with E-state index in [0.717, 1.165) is 3.57 Å². The molecule has 0 unspecified atom stereocenters. The van der Waals surface area contributed by atoms with Gasteiger partial charge in [0.25, 0.3) is 0 Å². The maximum absolute atomic E-state index is 13.8. The molecular weight excluding hydrogens is 396 g/mol. The molecule has 0 aliphatic heterocycles. The lowest BCUT2D eigenvalue weighted by Crippen LogP contribution is -1.90. The van der Waals surface area contributed by atoms with Crippen molar-refractivity contribution in [2.75, 3.05) is 0 Å². The van der Waals surface area contributed by atoms with E-state index in [1.54, 1.807) is 18.2 Å². The fraction of sp³-hybridized carbons (Fsp3) is 0. The first kappa shape index (κ1) is 13.4. The largest absolute Gasteiger partial charge is 0.206 e. The maximum atomic E-state index is 13.8. The van der Waals surface area contributed by atoms with Gasteiger partial charge in [-0.25, -0.2) is 4.39 Å². The van der Waals surface area contributed by atoms with E-state index in [0.29, 0.717) is 26.2 Å². The van der Waals surface area contributed by atoms with Crippen LogP contribution < -0.4 is 0 Å². The van der Waals surface area contributed by atoms with Crippen LogP contribution in [-0.4, -0.2) is 0 Å². The van der Waals surface area contributed by atoms with Crippen molar-refractivity contribution in [2.45, 2.75) is 0 Å². The second kappa shape index (κ2) is 5.31. The van der Waals surface area contributed by atoms with Crippen molar-refractivity contribution in [3.63, 3.8) is 0 Å². The molecular formula is C12H5Cl3FI. The molecule has 0 saturated carbocycles. The molecule has 0 N–H and O–H groups in total. The molecule has 0 aromatic heterocycles. The van der Waals surface area contributed by atoms with Crippen LogP contribution >= 0.6 is 57.4 Å². The van der Waals surface area contributed by atoms with Gasteiger partial charge in [0.15, 0.2) is 0 Å². The Morgan fingerprint density at radius 2 is 1.76 bits per heavy atom. The molecule has 0 amide bonds. The van der Waals surface area contributed by atoms with Crippen LogP contribution in [0.5, 0.6) is 0 Å². The smallest absolute Gasteiger partial charge is 0.132 e. The normalized spacial score (nSPS) is 10.6. The minimum Gasteiger partial charge on any atom is -0.206 e. The quantitative estimate of drug-likeness (QED) is 0.403. The molecule has 2 aromatic carbocycles. The third kappa shape index (κ3) is 2.70. The molecule has 2 rings (SSSR count). The van der Waals surface area contributed by atoms with Gasteiger partial charge in [-0.15, -0.1) is 0 Å². The van der Waals surface area contributed by atoms with Gasteiger partial charge in [-0.1, -0.05) is 40.9 Å². The molecule has 5 heteroatoms. The second-order valence-corrected chi connectivity index (χ2v) is 5.73. The Kier molecular flexibility index (Phi) is 4.18. The van der Waals surface area contributed by atoms with Crippen LogP contribution in [-0.2, 0) is 0 Å². The summed E-state index contributed by atoms with van der Waals surface area (Å²) in [7, 11) is 0. The predicted octanol–water partition coefficient (Wildman–Crippen LogP) is 6.06. The minimum absolute atomic E-state index is 0.305. The molecule has 0 heterocycles. The number of hydrogen-bond donors (Lipinski definition) is 0. The fourth-order valence-corrected chi connectivity index (χ4v) is 2.95. The van der Waals surface area contributed by atoms with Crippen LogP contribution in [0.25, 0.3) is 11.1 Å². The Balaban J connectivity index is 2.77. The average molecular weight is 401 g/mol. The van der Waals surface area contributed by atoms with Crippen molar-refractivity contribution in [3.8, 4) is 11.1 Å². The highest BCUT2D eigenvalue weighted by molar-refractivity contribution is 14.1. The first-order valence-corrected chi connectivity index (χ1v) is 6.81. The monoisotopic (exact) mass is 400 g/mol. The van der Waals surface area contributed by atoms with Crippen molar-refractivity contribution < 1.29 is 4.39 Å². The Morgan fingerprint density at radius 1 is 1.06 bits per heavy atom. The summed E-state index contributed by atoms with van der Waals surface area (Å²) in [6.45, 7) is 0. The van der Waals surface area contributed by atoms with E-state index in [1.807, 2.05) is 22.6 Å². The lowest BCUT2D eigenvalue weighted by molar-refractivity contribution is 0.630. The van der Waals surface area contributed by atoms with Gasteiger partial charge in [-0.3, -0.25) is 0 Å². The molecule has 0 nitrogen and oxygen atoms in total. The van der Waals surface area contributed by atoms with Gasteiger partial charge in [0, 0.05) is 19.7 Å².